The maximum Gasteiger partial charge on any atom is 0.256 e. The monoisotopic (exact) mass is 329 g/mol. The molecule has 0 aliphatic carbocycles. The van der Waals surface area contributed by atoms with Crippen LogP contribution in [0.4, 0.5) is 0 Å². The van der Waals surface area contributed by atoms with Gasteiger partial charge in [0.2, 0.25) is 0 Å². The van der Waals surface area contributed by atoms with Gasteiger partial charge in [-0.25, -0.2) is 0 Å². The van der Waals surface area contributed by atoms with Crippen LogP contribution < -0.4 is 4.74 Å². The van der Waals surface area contributed by atoms with Crippen LogP contribution in [-0.2, 0) is 11.8 Å². The van der Waals surface area contributed by atoms with Gasteiger partial charge in [0.15, 0.2) is 6.10 Å². The van der Waals surface area contributed by atoms with Gasteiger partial charge in [-0.15, -0.1) is 0 Å². The van der Waals surface area contributed by atoms with E-state index in [1.165, 1.54) is 5.69 Å². The van der Waals surface area contributed by atoms with E-state index in [1.807, 2.05) is 17.8 Å². The van der Waals surface area contributed by atoms with Crippen LogP contribution in [0, 0.1) is 0 Å². The van der Waals surface area contributed by atoms with Crippen molar-refractivity contribution >= 4 is 5.91 Å². The second kappa shape index (κ2) is 7.05. The molecule has 1 N–H and O–H groups in total. The Kier molecular flexibility index (Phi) is 4.85. The predicted octanol–water partition coefficient (Wildman–Crippen LogP) is 1.87. The third-order valence-electron chi connectivity index (χ3n) is 4.73. The number of hydrogen-bond donors (Lipinski definition) is 1. The number of aliphatic hydroxyl groups excluding tert-OH is 1. The van der Waals surface area contributed by atoms with Crippen LogP contribution >= 0.6 is 0 Å². The number of ether oxygens (including phenoxy) is 1. The highest BCUT2D eigenvalue weighted by atomic mass is 16.5. The van der Waals surface area contributed by atoms with E-state index in [-0.39, 0.29) is 5.91 Å². The minimum atomic E-state index is -1.15. The molecule has 0 saturated carbocycles. The van der Waals surface area contributed by atoms with Crippen LogP contribution in [0.25, 0.3) is 0 Å². The first-order valence-electron chi connectivity index (χ1n) is 8.19. The molecule has 0 bridgehead atoms. The first-order valence-corrected chi connectivity index (χ1v) is 8.19. The highest BCUT2D eigenvalue weighted by Gasteiger charge is 2.29. The van der Waals surface area contributed by atoms with E-state index in [2.05, 4.69) is 5.10 Å². The molecular weight excluding hydrogens is 306 g/mol. The summed E-state index contributed by atoms with van der Waals surface area (Å²) in [6.07, 6.45) is 2.43. The Morgan fingerprint density at radius 3 is 2.71 bits per heavy atom. The van der Waals surface area contributed by atoms with Gasteiger partial charge in [-0.05, 0) is 36.6 Å². The Morgan fingerprint density at radius 1 is 1.33 bits per heavy atom. The summed E-state index contributed by atoms with van der Waals surface area (Å²) in [4.78, 5) is 14.3. The SMILES string of the molecule is COc1cccc(C(O)C(=O)N2CCC(c3ccnn3C)CC2)c1. The van der Waals surface area contributed by atoms with E-state index in [0.29, 0.717) is 30.3 Å². The van der Waals surface area contributed by atoms with Crippen molar-refractivity contribution in [1.82, 2.24) is 14.7 Å². The molecule has 24 heavy (non-hydrogen) atoms. The zero-order valence-electron chi connectivity index (χ0n) is 14.1. The van der Waals surface area contributed by atoms with Gasteiger partial charge in [-0.1, -0.05) is 12.1 Å². The number of nitrogens with zero attached hydrogens (tertiary/aromatic N) is 3. The largest absolute Gasteiger partial charge is 0.497 e. The molecule has 0 radical (unpaired) electrons. The fourth-order valence-corrected chi connectivity index (χ4v) is 3.31. The van der Waals surface area contributed by atoms with Gasteiger partial charge in [0.25, 0.3) is 5.91 Å². The summed E-state index contributed by atoms with van der Waals surface area (Å²) < 4.78 is 7.05. The maximum absolute atomic E-state index is 12.6. The second-order valence-electron chi connectivity index (χ2n) is 6.16. The lowest BCUT2D eigenvalue weighted by molar-refractivity contribution is -0.141. The lowest BCUT2D eigenvalue weighted by Crippen LogP contribution is -2.40. The lowest BCUT2D eigenvalue weighted by Gasteiger charge is -2.33. The number of carbonyl (C=O) groups is 1. The van der Waals surface area contributed by atoms with Gasteiger partial charge in [0.1, 0.15) is 5.75 Å². The van der Waals surface area contributed by atoms with E-state index >= 15 is 0 Å². The Labute approximate surface area is 141 Å². The molecule has 1 atom stereocenters. The number of carbonyl (C=O) groups excluding carboxylic acids is 1. The van der Waals surface area contributed by atoms with Crippen LogP contribution in [0.1, 0.15) is 36.1 Å². The highest BCUT2D eigenvalue weighted by Crippen LogP contribution is 2.29. The van der Waals surface area contributed by atoms with Crippen molar-refractivity contribution in [3.63, 3.8) is 0 Å². The minimum Gasteiger partial charge on any atom is -0.497 e. The topological polar surface area (TPSA) is 67.6 Å². The van der Waals surface area contributed by atoms with Gasteiger partial charge in [0, 0.05) is 37.9 Å². The summed E-state index contributed by atoms with van der Waals surface area (Å²) in [6.45, 7) is 1.30. The molecule has 128 valence electrons. The summed E-state index contributed by atoms with van der Waals surface area (Å²) in [6, 6.07) is 9.05. The van der Waals surface area contributed by atoms with Gasteiger partial charge in [-0.3, -0.25) is 9.48 Å². The Balaban J connectivity index is 1.63. The highest BCUT2D eigenvalue weighted by molar-refractivity contribution is 5.82. The number of piperidine rings is 1. The predicted molar refractivity (Wildman–Crippen MR) is 89.7 cm³/mol. The van der Waals surface area contributed by atoms with Crippen LogP contribution in [0.5, 0.6) is 5.75 Å². The summed E-state index contributed by atoms with van der Waals surface area (Å²) >= 11 is 0. The van der Waals surface area contributed by atoms with Gasteiger partial charge in [-0.2, -0.15) is 5.10 Å². The molecule has 6 nitrogen and oxygen atoms in total. The normalized spacial score (nSPS) is 16.9. The zero-order chi connectivity index (χ0) is 17.1. The first-order chi connectivity index (χ1) is 11.6. The molecule has 1 aromatic carbocycles. The van der Waals surface area contributed by atoms with Crippen molar-refractivity contribution in [2.45, 2.75) is 24.9 Å². The van der Waals surface area contributed by atoms with Crippen molar-refractivity contribution in [2.75, 3.05) is 20.2 Å². The standard InChI is InChI=1S/C18H23N3O3/c1-20-16(6-9-19-20)13-7-10-21(11-8-13)18(23)17(22)14-4-3-5-15(12-14)24-2/h3-6,9,12-13,17,22H,7-8,10-11H2,1-2H3. The third-order valence-corrected chi connectivity index (χ3v) is 4.73. The average molecular weight is 329 g/mol. The first kappa shape index (κ1) is 16.5. The second-order valence-corrected chi connectivity index (χ2v) is 6.16. The molecular formula is C18H23N3O3. The summed E-state index contributed by atoms with van der Waals surface area (Å²) in [7, 11) is 3.51. The third kappa shape index (κ3) is 3.28. The van der Waals surface area contributed by atoms with Crippen LogP contribution in [0.3, 0.4) is 0 Å². The Morgan fingerprint density at radius 2 is 2.08 bits per heavy atom. The number of hydrogen-bond acceptors (Lipinski definition) is 4. The average Bonchev–Trinajstić information content (AvgIpc) is 3.06. The lowest BCUT2D eigenvalue weighted by atomic mass is 9.93. The number of likely N-dealkylation sites (tertiary alicyclic amines) is 1. The molecule has 1 aliphatic heterocycles. The molecule has 1 fully saturated rings. The number of benzene rings is 1. The maximum atomic E-state index is 12.6. The van der Waals surface area contributed by atoms with Crippen molar-refractivity contribution < 1.29 is 14.6 Å². The van der Waals surface area contributed by atoms with Crippen molar-refractivity contribution in [3.05, 3.63) is 47.8 Å². The Bertz CT molecular complexity index is 705. The van der Waals surface area contributed by atoms with E-state index < -0.39 is 6.10 Å². The smallest absolute Gasteiger partial charge is 0.256 e. The van der Waals surface area contributed by atoms with E-state index in [0.717, 1.165) is 12.8 Å². The number of methoxy groups -OCH3 is 1. The number of aromatic nitrogens is 2. The van der Waals surface area contributed by atoms with Gasteiger partial charge < -0.3 is 14.7 Å². The number of amides is 1. The number of aryl methyl sites for hydroxylation is 1. The minimum absolute atomic E-state index is 0.244. The van der Waals surface area contributed by atoms with E-state index in [4.69, 9.17) is 4.74 Å². The fraction of sp³-hybridized carbons (Fsp3) is 0.444. The van der Waals surface area contributed by atoms with Crippen molar-refractivity contribution in [1.29, 1.82) is 0 Å². The fourth-order valence-electron chi connectivity index (χ4n) is 3.31. The molecule has 1 unspecified atom stereocenters. The molecule has 0 spiro atoms. The summed E-state index contributed by atoms with van der Waals surface area (Å²) in [5, 5.41) is 14.6. The summed E-state index contributed by atoms with van der Waals surface area (Å²) in [5.41, 5.74) is 1.77. The quantitative estimate of drug-likeness (QED) is 0.930. The van der Waals surface area contributed by atoms with Crippen LogP contribution in [0.15, 0.2) is 36.5 Å². The molecule has 2 heterocycles. The molecule has 1 aromatic heterocycles. The summed E-state index contributed by atoms with van der Waals surface area (Å²) in [5.74, 6) is 0.802. The molecule has 2 aromatic rings. The number of aliphatic hydroxyl groups is 1. The van der Waals surface area contributed by atoms with Crippen molar-refractivity contribution in [2.24, 2.45) is 7.05 Å². The van der Waals surface area contributed by atoms with Crippen LogP contribution in [-0.4, -0.2) is 45.9 Å². The molecule has 1 saturated heterocycles. The van der Waals surface area contributed by atoms with Gasteiger partial charge >= 0.3 is 0 Å². The zero-order valence-corrected chi connectivity index (χ0v) is 14.1. The van der Waals surface area contributed by atoms with E-state index in [9.17, 15) is 9.90 Å². The van der Waals surface area contributed by atoms with Crippen molar-refractivity contribution in [3.8, 4) is 5.75 Å². The molecule has 1 amide bonds. The Hall–Kier alpha value is -2.34. The molecule has 1 aliphatic rings. The van der Waals surface area contributed by atoms with E-state index in [1.54, 1.807) is 42.5 Å². The molecule has 3 rings (SSSR count). The molecule has 6 heteroatoms. The number of rotatable bonds is 4. The van der Waals surface area contributed by atoms with Gasteiger partial charge in [0.05, 0.1) is 7.11 Å². The van der Waals surface area contributed by atoms with Crippen LogP contribution in [0.2, 0.25) is 0 Å².